The topological polar surface area (TPSA) is 41.6 Å². The summed E-state index contributed by atoms with van der Waals surface area (Å²) in [6.45, 7) is 7.38. The zero-order valence-corrected chi connectivity index (χ0v) is 18.2. The Bertz CT molecular complexity index is 770. The van der Waals surface area contributed by atoms with E-state index in [0.717, 1.165) is 48.3 Å². The molecular weight excluding hydrogens is 416 g/mol. The molecule has 2 aromatic carbocycles. The van der Waals surface area contributed by atoms with E-state index in [1.54, 1.807) is 0 Å². The molecule has 1 heterocycles. The van der Waals surface area contributed by atoms with Crippen LogP contribution >= 0.6 is 15.9 Å². The van der Waals surface area contributed by atoms with E-state index >= 15 is 0 Å². The molecule has 1 aliphatic heterocycles. The summed E-state index contributed by atoms with van der Waals surface area (Å²) >= 11 is 3.47. The van der Waals surface area contributed by atoms with Crippen LogP contribution in [0, 0.1) is 12.8 Å². The number of piperidine rings is 1. The molecule has 1 atom stereocenters. The maximum atomic E-state index is 12.6. The number of para-hydroxylation sites is 1. The van der Waals surface area contributed by atoms with E-state index in [9.17, 15) is 4.79 Å². The Kier molecular flexibility index (Phi) is 7.51. The van der Waals surface area contributed by atoms with Crippen molar-refractivity contribution in [3.8, 4) is 5.75 Å². The maximum absolute atomic E-state index is 12.6. The first kappa shape index (κ1) is 20.9. The largest absolute Gasteiger partial charge is 0.491 e. The van der Waals surface area contributed by atoms with Gasteiger partial charge in [-0.25, -0.2) is 0 Å². The number of ether oxygens (including phenoxy) is 1. The predicted octanol–water partition coefficient (Wildman–Crippen LogP) is 4.55. The molecule has 0 aromatic heterocycles. The highest BCUT2D eigenvalue weighted by molar-refractivity contribution is 9.10. The summed E-state index contributed by atoms with van der Waals surface area (Å²) in [5.41, 5.74) is 2.42. The van der Waals surface area contributed by atoms with Crippen molar-refractivity contribution in [2.45, 2.75) is 39.3 Å². The number of benzene rings is 2. The van der Waals surface area contributed by atoms with Crippen molar-refractivity contribution < 1.29 is 9.53 Å². The Morgan fingerprint density at radius 1 is 1.18 bits per heavy atom. The lowest BCUT2D eigenvalue weighted by molar-refractivity contribution is -0.127. The Morgan fingerprint density at radius 2 is 1.86 bits per heavy atom. The summed E-state index contributed by atoms with van der Waals surface area (Å²) in [7, 11) is 0. The number of amides is 1. The van der Waals surface area contributed by atoms with Gasteiger partial charge in [-0.1, -0.05) is 46.3 Å². The minimum atomic E-state index is -0.00657. The molecule has 0 saturated carbocycles. The number of halogens is 1. The minimum Gasteiger partial charge on any atom is -0.491 e. The molecule has 1 amide bonds. The number of nitrogens with one attached hydrogen (secondary N) is 1. The number of aryl methyl sites for hydroxylation is 1. The molecule has 4 nitrogen and oxygen atoms in total. The minimum absolute atomic E-state index is 0.00657. The fourth-order valence-corrected chi connectivity index (χ4v) is 3.80. The van der Waals surface area contributed by atoms with Crippen molar-refractivity contribution in [2.75, 3.05) is 19.7 Å². The molecular formula is C23H29BrN2O2. The van der Waals surface area contributed by atoms with E-state index in [1.807, 2.05) is 38.1 Å². The third-order valence-electron chi connectivity index (χ3n) is 5.25. The van der Waals surface area contributed by atoms with E-state index < -0.39 is 0 Å². The van der Waals surface area contributed by atoms with E-state index in [1.165, 1.54) is 5.56 Å². The molecule has 0 spiro atoms. The second-order valence-corrected chi connectivity index (χ2v) is 8.58. The Labute approximate surface area is 176 Å². The number of carbonyl (C=O) groups excluding carboxylic acids is 1. The summed E-state index contributed by atoms with van der Waals surface area (Å²) in [4.78, 5) is 15.0. The average Bonchev–Trinajstić information content (AvgIpc) is 2.69. The highest BCUT2D eigenvalue weighted by Crippen LogP contribution is 2.21. The lowest BCUT2D eigenvalue weighted by Gasteiger charge is -2.32. The van der Waals surface area contributed by atoms with Gasteiger partial charge in [0.1, 0.15) is 12.4 Å². The Morgan fingerprint density at radius 3 is 2.54 bits per heavy atom. The van der Waals surface area contributed by atoms with Gasteiger partial charge < -0.3 is 10.1 Å². The number of nitrogens with zero attached hydrogens (tertiary/aromatic N) is 1. The Balaban J connectivity index is 1.39. The first-order valence-electron chi connectivity index (χ1n) is 9.97. The van der Waals surface area contributed by atoms with Gasteiger partial charge >= 0.3 is 0 Å². The maximum Gasteiger partial charge on any atom is 0.223 e. The number of hydrogen-bond acceptors (Lipinski definition) is 3. The highest BCUT2D eigenvalue weighted by atomic mass is 79.9. The first-order chi connectivity index (χ1) is 13.5. The number of likely N-dealkylation sites (tertiary alicyclic amines) is 1. The zero-order chi connectivity index (χ0) is 19.9. The van der Waals surface area contributed by atoms with Gasteiger partial charge in [-0.15, -0.1) is 0 Å². The molecule has 0 aliphatic carbocycles. The molecule has 1 fully saturated rings. The van der Waals surface area contributed by atoms with Crippen molar-refractivity contribution in [3.63, 3.8) is 0 Å². The van der Waals surface area contributed by atoms with Crippen LogP contribution in [0.2, 0.25) is 0 Å². The second kappa shape index (κ2) is 10.1. The fraction of sp³-hybridized carbons (Fsp3) is 0.435. The lowest BCUT2D eigenvalue weighted by atomic mass is 9.95. The van der Waals surface area contributed by atoms with E-state index in [2.05, 4.69) is 50.4 Å². The summed E-state index contributed by atoms with van der Waals surface area (Å²) in [5, 5.41) is 3.12. The zero-order valence-electron chi connectivity index (χ0n) is 16.7. The van der Waals surface area contributed by atoms with Gasteiger partial charge in [-0.2, -0.15) is 0 Å². The molecule has 28 heavy (non-hydrogen) atoms. The van der Waals surface area contributed by atoms with Gasteiger partial charge in [-0.05, 0) is 69.1 Å². The normalized spacial score (nSPS) is 16.5. The first-order valence-corrected chi connectivity index (χ1v) is 10.8. The fourth-order valence-electron chi connectivity index (χ4n) is 3.54. The van der Waals surface area contributed by atoms with Crippen LogP contribution in [0.3, 0.4) is 0 Å². The molecule has 0 radical (unpaired) electrons. The van der Waals surface area contributed by atoms with Gasteiger partial charge in [0.2, 0.25) is 5.91 Å². The molecule has 150 valence electrons. The molecule has 1 N–H and O–H groups in total. The van der Waals surface area contributed by atoms with Gasteiger partial charge in [0.25, 0.3) is 0 Å². The SMILES string of the molecule is Cc1ccccc1OCC(C)NC(=O)C1CCN(Cc2ccc(Br)cc2)CC1. The van der Waals surface area contributed by atoms with Crippen LogP contribution in [0.4, 0.5) is 0 Å². The summed E-state index contributed by atoms with van der Waals surface area (Å²) in [6.07, 6.45) is 1.82. The van der Waals surface area contributed by atoms with Crippen LogP contribution in [0.15, 0.2) is 53.0 Å². The van der Waals surface area contributed by atoms with Crippen molar-refractivity contribution in [3.05, 3.63) is 64.1 Å². The summed E-state index contributed by atoms with van der Waals surface area (Å²) in [5.74, 6) is 1.14. The highest BCUT2D eigenvalue weighted by Gasteiger charge is 2.25. The van der Waals surface area contributed by atoms with Crippen LogP contribution < -0.4 is 10.1 Å². The van der Waals surface area contributed by atoms with Crippen LogP contribution in [0.1, 0.15) is 30.9 Å². The van der Waals surface area contributed by atoms with Crippen LogP contribution in [-0.4, -0.2) is 36.5 Å². The molecule has 1 aliphatic rings. The number of hydrogen-bond donors (Lipinski definition) is 1. The van der Waals surface area contributed by atoms with Crippen molar-refractivity contribution >= 4 is 21.8 Å². The number of rotatable bonds is 7. The van der Waals surface area contributed by atoms with Crippen LogP contribution in [0.5, 0.6) is 5.75 Å². The van der Waals surface area contributed by atoms with Crippen LogP contribution in [-0.2, 0) is 11.3 Å². The van der Waals surface area contributed by atoms with Gasteiger partial charge in [0, 0.05) is 16.9 Å². The van der Waals surface area contributed by atoms with Gasteiger partial charge in [0.05, 0.1) is 6.04 Å². The molecule has 1 unspecified atom stereocenters. The number of carbonyl (C=O) groups is 1. The monoisotopic (exact) mass is 444 g/mol. The molecule has 5 heteroatoms. The van der Waals surface area contributed by atoms with Crippen molar-refractivity contribution in [1.29, 1.82) is 0 Å². The van der Waals surface area contributed by atoms with Gasteiger partial charge in [0.15, 0.2) is 0 Å². The second-order valence-electron chi connectivity index (χ2n) is 7.66. The quantitative estimate of drug-likeness (QED) is 0.680. The van der Waals surface area contributed by atoms with Crippen LogP contribution in [0.25, 0.3) is 0 Å². The summed E-state index contributed by atoms with van der Waals surface area (Å²) < 4.78 is 6.96. The Hall–Kier alpha value is -1.85. The molecule has 2 aromatic rings. The average molecular weight is 445 g/mol. The standard InChI is InChI=1S/C23H29BrN2O2/c1-17-5-3-4-6-22(17)28-16-18(2)25-23(27)20-11-13-26(14-12-20)15-19-7-9-21(24)10-8-19/h3-10,18,20H,11-16H2,1-2H3,(H,25,27). The molecule has 3 rings (SSSR count). The molecule has 0 bridgehead atoms. The van der Waals surface area contributed by atoms with Crippen molar-refractivity contribution in [1.82, 2.24) is 10.2 Å². The lowest BCUT2D eigenvalue weighted by Crippen LogP contribution is -2.44. The van der Waals surface area contributed by atoms with Crippen molar-refractivity contribution in [2.24, 2.45) is 5.92 Å². The predicted molar refractivity (Wildman–Crippen MR) is 116 cm³/mol. The van der Waals surface area contributed by atoms with Gasteiger partial charge in [-0.3, -0.25) is 9.69 Å². The van der Waals surface area contributed by atoms with E-state index in [0.29, 0.717) is 6.61 Å². The third kappa shape index (κ3) is 6.08. The van der Waals surface area contributed by atoms with E-state index in [-0.39, 0.29) is 17.9 Å². The third-order valence-corrected chi connectivity index (χ3v) is 5.78. The molecule has 1 saturated heterocycles. The summed E-state index contributed by atoms with van der Waals surface area (Å²) in [6, 6.07) is 16.4. The van der Waals surface area contributed by atoms with E-state index in [4.69, 9.17) is 4.74 Å². The smallest absolute Gasteiger partial charge is 0.223 e.